The van der Waals surface area contributed by atoms with E-state index in [9.17, 15) is 24.6 Å². The molecule has 0 fully saturated rings. The Labute approximate surface area is 178 Å². The third-order valence-electron chi connectivity index (χ3n) is 4.14. The Kier molecular flexibility index (Phi) is 5.72. The molecule has 30 heavy (non-hydrogen) atoms. The first kappa shape index (κ1) is 21.2. The molecule has 0 saturated heterocycles. The topological polar surface area (TPSA) is 136 Å². The normalized spacial score (nSPS) is 10.7. The van der Waals surface area contributed by atoms with Crippen LogP contribution in [-0.2, 0) is 7.05 Å². The highest BCUT2D eigenvalue weighted by Gasteiger charge is 2.24. The van der Waals surface area contributed by atoms with Crippen LogP contribution in [0.5, 0.6) is 11.6 Å². The average Bonchev–Trinajstić information content (AvgIpc) is 2.68. The van der Waals surface area contributed by atoms with Crippen LogP contribution in [0.1, 0.15) is 10.4 Å². The standard InChI is InChI=1S/C18H14Cl2N4O6/c1-23-16(27)13(17(28)24(30-2)18(23)29)15(26)22-11-4-3-8(5-12(11)25)14-10(20)6-9(19)7-21-14/h3-7,25,27H,1-2H3,(H,22,26). The van der Waals surface area contributed by atoms with E-state index in [1.807, 2.05) is 0 Å². The lowest BCUT2D eigenvalue weighted by molar-refractivity contribution is 0.0997. The SMILES string of the molecule is COn1c(=O)c(C(=O)Nc2ccc(-c3ncc(Cl)cc3Cl)cc2O)c(O)n(C)c1=O. The molecule has 156 valence electrons. The van der Waals surface area contributed by atoms with Crippen LogP contribution in [0.25, 0.3) is 11.3 Å². The lowest BCUT2D eigenvalue weighted by atomic mass is 10.1. The zero-order chi connectivity index (χ0) is 22.2. The van der Waals surface area contributed by atoms with E-state index < -0.39 is 28.6 Å². The van der Waals surface area contributed by atoms with Crippen LogP contribution in [0.4, 0.5) is 5.69 Å². The number of nitrogens with zero attached hydrogens (tertiary/aromatic N) is 3. The second-order valence-electron chi connectivity index (χ2n) is 5.99. The van der Waals surface area contributed by atoms with Crippen molar-refractivity contribution in [3.63, 3.8) is 0 Å². The molecular formula is C18H14Cl2N4O6. The first-order valence-electron chi connectivity index (χ1n) is 8.21. The minimum Gasteiger partial charge on any atom is -0.506 e. The van der Waals surface area contributed by atoms with E-state index >= 15 is 0 Å². The number of amides is 1. The summed E-state index contributed by atoms with van der Waals surface area (Å²) in [5, 5.41) is 23.3. The number of nitrogens with one attached hydrogen (secondary N) is 1. The van der Waals surface area contributed by atoms with Gasteiger partial charge in [0, 0.05) is 18.8 Å². The Morgan fingerprint density at radius 3 is 2.50 bits per heavy atom. The van der Waals surface area contributed by atoms with Gasteiger partial charge in [0.2, 0.25) is 5.88 Å². The van der Waals surface area contributed by atoms with Gasteiger partial charge in [-0.3, -0.25) is 19.1 Å². The van der Waals surface area contributed by atoms with Crippen LogP contribution in [0.2, 0.25) is 10.0 Å². The lowest BCUT2D eigenvalue weighted by Crippen LogP contribution is -2.45. The number of anilines is 1. The van der Waals surface area contributed by atoms with Crippen LogP contribution < -0.4 is 21.4 Å². The van der Waals surface area contributed by atoms with Crippen molar-refractivity contribution in [2.45, 2.75) is 0 Å². The maximum Gasteiger partial charge on any atom is 0.367 e. The van der Waals surface area contributed by atoms with Gasteiger partial charge in [-0.1, -0.05) is 34.0 Å². The van der Waals surface area contributed by atoms with Gasteiger partial charge >= 0.3 is 11.2 Å². The van der Waals surface area contributed by atoms with Crippen molar-refractivity contribution in [1.82, 2.24) is 14.3 Å². The maximum absolute atomic E-state index is 12.6. The van der Waals surface area contributed by atoms with E-state index in [2.05, 4.69) is 15.1 Å². The predicted molar refractivity (Wildman–Crippen MR) is 109 cm³/mol. The molecule has 3 aromatic rings. The van der Waals surface area contributed by atoms with E-state index in [0.717, 1.165) is 14.2 Å². The van der Waals surface area contributed by atoms with Gasteiger partial charge in [0.15, 0.2) is 5.56 Å². The largest absolute Gasteiger partial charge is 0.506 e. The second-order valence-corrected chi connectivity index (χ2v) is 6.84. The van der Waals surface area contributed by atoms with Crippen molar-refractivity contribution in [1.29, 1.82) is 0 Å². The zero-order valence-electron chi connectivity index (χ0n) is 15.5. The third kappa shape index (κ3) is 3.70. The molecule has 0 saturated carbocycles. The number of carbonyl (C=O) groups excluding carboxylic acids is 1. The molecule has 0 bridgehead atoms. The number of carbonyl (C=O) groups is 1. The van der Waals surface area contributed by atoms with Crippen molar-refractivity contribution in [2.24, 2.45) is 7.05 Å². The summed E-state index contributed by atoms with van der Waals surface area (Å²) in [5.74, 6) is -2.28. The zero-order valence-corrected chi connectivity index (χ0v) is 17.0. The van der Waals surface area contributed by atoms with Gasteiger partial charge in [-0.2, -0.15) is 0 Å². The Morgan fingerprint density at radius 2 is 1.90 bits per heavy atom. The number of hydrogen-bond donors (Lipinski definition) is 3. The fraction of sp³-hybridized carbons (Fsp3) is 0.111. The highest BCUT2D eigenvalue weighted by Crippen LogP contribution is 2.33. The summed E-state index contributed by atoms with van der Waals surface area (Å²) in [6, 6.07) is 5.65. The monoisotopic (exact) mass is 452 g/mol. The van der Waals surface area contributed by atoms with Crippen molar-refractivity contribution in [3.8, 4) is 22.9 Å². The summed E-state index contributed by atoms with van der Waals surface area (Å²) in [6.07, 6.45) is 1.39. The molecule has 0 unspecified atom stereocenters. The Morgan fingerprint density at radius 1 is 1.20 bits per heavy atom. The van der Waals surface area contributed by atoms with Gasteiger partial charge in [-0.25, -0.2) is 4.79 Å². The smallest absolute Gasteiger partial charge is 0.367 e. The quantitative estimate of drug-likeness (QED) is 0.511. The molecule has 12 heteroatoms. The van der Waals surface area contributed by atoms with Gasteiger partial charge in [-0.05, 0) is 18.2 Å². The number of benzene rings is 1. The Bertz CT molecular complexity index is 1280. The number of pyridine rings is 1. The van der Waals surface area contributed by atoms with Gasteiger partial charge in [-0.15, -0.1) is 0 Å². The molecule has 2 heterocycles. The summed E-state index contributed by atoms with van der Waals surface area (Å²) in [7, 11) is 2.21. The van der Waals surface area contributed by atoms with Crippen LogP contribution in [0, 0.1) is 0 Å². The summed E-state index contributed by atoms with van der Waals surface area (Å²) in [6.45, 7) is 0. The molecule has 0 spiro atoms. The van der Waals surface area contributed by atoms with Gasteiger partial charge < -0.3 is 20.4 Å². The molecule has 0 radical (unpaired) electrons. The molecule has 3 rings (SSSR count). The number of aromatic nitrogens is 3. The fourth-order valence-electron chi connectivity index (χ4n) is 2.63. The van der Waals surface area contributed by atoms with Crippen molar-refractivity contribution < 1.29 is 19.8 Å². The molecule has 0 aliphatic rings. The van der Waals surface area contributed by atoms with Crippen LogP contribution >= 0.6 is 23.2 Å². The van der Waals surface area contributed by atoms with Crippen LogP contribution in [0.3, 0.4) is 0 Å². The van der Waals surface area contributed by atoms with Crippen molar-refractivity contribution in [3.05, 3.63) is 66.9 Å². The summed E-state index contributed by atoms with van der Waals surface area (Å²) < 4.78 is 0.975. The predicted octanol–water partition coefficient (Wildman–Crippen LogP) is 1.64. The van der Waals surface area contributed by atoms with E-state index in [1.165, 1.54) is 30.5 Å². The molecule has 0 atom stereocenters. The summed E-state index contributed by atoms with van der Waals surface area (Å²) in [4.78, 5) is 45.6. The van der Waals surface area contributed by atoms with Crippen molar-refractivity contribution in [2.75, 3.05) is 12.4 Å². The molecule has 2 aromatic heterocycles. The number of halogens is 2. The number of phenols is 1. The highest BCUT2D eigenvalue weighted by atomic mass is 35.5. The Hall–Kier alpha value is -3.50. The molecule has 10 nitrogen and oxygen atoms in total. The third-order valence-corrected chi connectivity index (χ3v) is 4.63. The van der Waals surface area contributed by atoms with E-state index in [-0.39, 0.29) is 16.5 Å². The average molecular weight is 453 g/mol. The van der Waals surface area contributed by atoms with Gasteiger partial charge in [0.05, 0.1) is 21.4 Å². The first-order chi connectivity index (χ1) is 14.1. The van der Waals surface area contributed by atoms with Crippen molar-refractivity contribution >= 4 is 34.8 Å². The number of rotatable bonds is 4. The number of aromatic hydroxyl groups is 2. The van der Waals surface area contributed by atoms with E-state index in [4.69, 9.17) is 23.2 Å². The minimum absolute atomic E-state index is 0.0644. The number of hydrogen-bond acceptors (Lipinski definition) is 7. The molecular weight excluding hydrogens is 439 g/mol. The molecule has 0 aliphatic carbocycles. The molecule has 1 amide bonds. The number of phenolic OH excluding ortho intramolecular Hbond substituents is 1. The fourth-order valence-corrected chi connectivity index (χ4v) is 3.12. The highest BCUT2D eigenvalue weighted by molar-refractivity contribution is 6.36. The molecule has 0 aliphatic heterocycles. The lowest BCUT2D eigenvalue weighted by Gasteiger charge is -2.13. The first-order valence-corrected chi connectivity index (χ1v) is 8.96. The van der Waals surface area contributed by atoms with Crippen LogP contribution in [-0.4, -0.2) is 37.5 Å². The van der Waals surface area contributed by atoms with Gasteiger partial charge in [0.25, 0.3) is 5.91 Å². The second kappa shape index (κ2) is 8.09. The summed E-state index contributed by atoms with van der Waals surface area (Å²) in [5.41, 5.74) is -2.15. The summed E-state index contributed by atoms with van der Waals surface area (Å²) >= 11 is 11.9. The molecule has 3 N–H and O–H groups in total. The molecule has 1 aromatic carbocycles. The minimum atomic E-state index is -1.16. The maximum atomic E-state index is 12.6. The van der Waals surface area contributed by atoms with E-state index in [0.29, 0.717) is 25.6 Å². The van der Waals surface area contributed by atoms with Gasteiger partial charge in [0.1, 0.15) is 12.9 Å². The van der Waals surface area contributed by atoms with E-state index in [1.54, 1.807) is 0 Å². The Balaban J connectivity index is 1.98. The van der Waals surface area contributed by atoms with Crippen LogP contribution in [0.15, 0.2) is 40.1 Å².